The quantitative estimate of drug-likeness (QED) is 0.746. The van der Waals surface area contributed by atoms with Crippen LogP contribution in [-0.4, -0.2) is 41.7 Å². The summed E-state index contributed by atoms with van der Waals surface area (Å²) in [6.45, 7) is -0.409. The van der Waals surface area contributed by atoms with E-state index < -0.39 is 36.2 Å². The smallest absolute Gasteiger partial charge is 0.440 e. The minimum absolute atomic E-state index is 0.0909. The molecule has 1 heterocycles. The van der Waals surface area contributed by atoms with Gasteiger partial charge >= 0.3 is 12.2 Å². The van der Waals surface area contributed by atoms with Gasteiger partial charge in [0.05, 0.1) is 13.7 Å². The Morgan fingerprint density at radius 2 is 1.72 bits per heavy atom. The Morgan fingerprint density at radius 1 is 1.10 bits per heavy atom. The fourth-order valence-electron chi connectivity index (χ4n) is 2.81. The Bertz CT molecular complexity index is 932. The SMILES string of the molecule is COc1ccc(CN2C(=O)N[C@@](NC(=O)c3ccccc3)(C(F)(F)F)C2=O)cc1. The van der Waals surface area contributed by atoms with E-state index in [9.17, 15) is 27.6 Å². The van der Waals surface area contributed by atoms with Gasteiger partial charge in [-0.25, -0.2) is 4.79 Å². The van der Waals surface area contributed by atoms with E-state index in [-0.39, 0.29) is 5.56 Å². The number of ether oxygens (including phenoxy) is 1. The molecule has 152 valence electrons. The van der Waals surface area contributed by atoms with Crippen LogP contribution in [0.15, 0.2) is 54.6 Å². The summed E-state index contributed by atoms with van der Waals surface area (Å²) in [6, 6.07) is 11.9. The van der Waals surface area contributed by atoms with Crippen molar-refractivity contribution >= 4 is 17.8 Å². The zero-order chi connectivity index (χ0) is 21.2. The Hall–Kier alpha value is -3.56. The topological polar surface area (TPSA) is 87.7 Å². The average molecular weight is 407 g/mol. The number of carbonyl (C=O) groups excluding carboxylic acids is 3. The van der Waals surface area contributed by atoms with Crippen LogP contribution in [0.4, 0.5) is 18.0 Å². The molecule has 0 bridgehead atoms. The van der Waals surface area contributed by atoms with E-state index in [1.807, 2.05) is 0 Å². The third-order valence-electron chi connectivity index (χ3n) is 4.37. The average Bonchev–Trinajstić information content (AvgIpc) is 2.94. The molecule has 1 saturated heterocycles. The molecule has 0 spiro atoms. The molecule has 0 saturated carbocycles. The summed E-state index contributed by atoms with van der Waals surface area (Å²) in [7, 11) is 1.44. The van der Waals surface area contributed by atoms with Gasteiger partial charge < -0.3 is 10.1 Å². The van der Waals surface area contributed by atoms with Crippen molar-refractivity contribution in [2.75, 3.05) is 7.11 Å². The summed E-state index contributed by atoms with van der Waals surface area (Å²) in [5.41, 5.74) is -3.24. The molecule has 1 fully saturated rings. The number of nitrogens with one attached hydrogen (secondary N) is 2. The third kappa shape index (κ3) is 3.73. The van der Waals surface area contributed by atoms with Crippen molar-refractivity contribution < 1.29 is 32.3 Å². The summed E-state index contributed by atoms with van der Waals surface area (Å²) in [6.07, 6.45) is -5.27. The van der Waals surface area contributed by atoms with E-state index in [1.54, 1.807) is 28.8 Å². The first-order valence-corrected chi connectivity index (χ1v) is 8.39. The van der Waals surface area contributed by atoms with Gasteiger partial charge in [-0.05, 0) is 29.8 Å². The zero-order valence-corrected chi connectivity index (χ0v) is 15.1. The van der Waals surface area contributed by atoms with Gasteiger partial charge in [0.25, 0.3) is 17.5 Å². The van der Waals surface area contributed by atoms with Gasteiger partial charge in [0.15, 0.2) is 0 Å². The first-order valence-electron chi connectivity index (χ1n) is 8.39. The van der Waals surface area contributed by atoms with Crippen molar-refractivity contribution in [3.63, 3.8) is 0 Å². The molecule has 2 aromatic carbocycles. The standard InChI is InChI=1S/C19H16F3N3O4/c1-29-14-9-7-12(8-10-14)11-25-16(27)18(19(20,21)22,24-17(25)28)23-15(26)13-5-3-2-4-6-13/h2-10H,11H2,1H3,(H,23,26)(H,24,28)/t18-/m1/s1. The molecule has 2 N–H and O–H groups in total. The number of alkyl halides is 3. The molecular weight excluding hydrogens is 391 g/mol. The number of hydrogen-bond donors (Lipinski definition) is 2. The van der Waals surface area contributed by atoms with Crippen LogP contribution < -0.4 is 15.4 Å². The number of benzene rings is 2. The minimum Gasteiger partial charge on any atom is -0.497 e. The highest BCUT2D eigenvalue weighted by molar-refractivity contribution is 6.10. The largest absolute Gasteiger partial charge is 0.497 e. The number of nitrogens with zero attached hydrogens (tertiary/aromatic N) is 1. The maximum atomic E-state index is 13.8. The molecule has 0 radical (unpaired) electrons. The molecule has 10 heteroatoms. The number of imide groups is 1. The molecule has 0 aromatic heterocycles. The zero-order valence-electron chi connectivity index (χ0n) is 15.1. The van der Waals surface area contributed by atoms with Gasteiger partial charge in [0.1, 0.15) is 5.75 Å². The summed E-state index contributed by atoms with van der Waals surface area (Å²) < 4.78 is 46.5. The Kier molecular flexibility index (Phi) is 5.19. The van der Waals surface area contributed by atoms with Crippen molar-refractivity contribution in [1.82, 2.24) is 15.5 Å². The number of urea groups is 1. The van der Waals surface area contributed by atoms with E-state index >= 15 is 0 Å². The Morgan fingerprint density at radius 3 is 2.28 bits per heavy atom. The third-order valence-corrected chi connectivity index (χ3v) is 4.37. The van der Waals surface area contributed by atoms with Gasteiger partial charge in [0.2, 0.25) is 0 Å². The summed E-state index contributed by atoms with van der Waals surface area (Å²) in [5, 5.41) is 3.26. The number of rotatable bonds is 5. The predicted molar refractivity (Wildman–Crippen MR) is 94.8 cm³/mol. The highest BCUT2D eigenvalue weighted by Gasteiger charge is 2.68. The molecule has 29 heavy (non-hydrogen) atoms. The normalized spacial score (nSPS) is 19.1. The molecule has 4 amide bonds. The second-order valence-electron chi connectivity index (χ2n) is 6.24. The maximum absolute atomic E-state index is 13.8. The van der Waals surface area contributed by atoms with E-state index in [1.165, 1.54) is 43.5 Å². The second-order valence-corrected chi connectivity index (χ2v) is 6.24. The van der Waals surface area contributed by atoms with Crippen molar-refractivity contribution in [2.45, 2.75) is 18.4 Å². The van der Waals surface area contributed by atoms with E-state index in [2.05, 4.69) is 0 Å². The summed E-state index contributed by atoms with van der Waals surface area (Å²) >= 11 is 0. The van der Waals surface area contributed by atoms with Crippen LogP contribution in [0.5, 0.6) is 5.75 Å². The number of hydrogen-bond acceptors (Lipinski definition) is 4. The van der Waals surface area contributed by atoms with Gasteiger partial charge in [-0.2, -0.15) is 13.2 Å². The van der Waals surface area contributed by atoms with Crippen LogP contribution in [-0.2, 0) is 11.3 Å². The molecule has 1 atom stereocenters. The van der Waals surface area contributed by atoms with Crippen LogP contribution in [0.3, 0.4) is 0 Å². The van der Waals surface area contributed by atoms with Gasteiger partial charge in [-0.3, -0.25) is 19.8 Å². The first-order chi connectivity index (χ1) is 13.7. The molecule has 7 nitrogen and oxygen atoms in total. The van der Waals surface area contributed by atoms with Crippen LogP contribution in [0, 0.1) is 0 Å². The Balaban J connectivity index is 1.89. The fourth-order valence-corrected chi connectivity index (χ4v) is 2.81. The summed E-state index contributed by atoms with van der Waals surface area (Å²) in [5.74, 6) is -2.26. The lowest BCUT2D eigenvalue weighted by molar-refractivity contribution is -0.200. The molecule has 1 aliphatic heterocycles. The highest BCUT2D eigenvalue weighted by atomic mass is 19.4. The molecular formula is C19H16F3N3O4. The van der Waals surface area contributed by atoms with Gasteiger partial charge in [0, 0.05) is 5.56 Å². The first kappa shape index (κ1) is 20.2. The molecule has 0 unspecified atom stereocenters. The molecule has 3 rings (SSSR count). The van der Waals surface area contributed by atoms with Crippen LogP contribution >= 0.6 is 0 Å². The van der Waals surface area contributed by atoms with Crippen molar-refractivity contribution in [2.24, 2.45) is 0 Å². The lowest BCUT2D eigenvalue weighted by Crippen LogP contribution is -2.69. The predicted octanol–water partition coefficient (Wildman–Crippen LogP) is 2.44. The number of amides is 4. The van der Waals surface area contributed by atoms with Gasteiger partial charge in [-0.1, -0.05) is 30.3 Å². The molecule has 1 aliphatic rings. The Labute approximate surface area is 163 Å². The van der Waals surface area contributed by atoms with Crippen LogP contribution in [0.1, 0.15) is 15.9 Å². The monoisotopic (exact) mass is 407 g/mol. The maximum Gasteiger partial charge on any atom is 0.440 e. The van der Waals surface area contributed by atoms with E-state index in [4.69, 9.17) is 4.74 Å². The number of halogens is 3. The minimum atomic E-state index is -5.27. The van der Waals surface area contributed by atoms with Crippen LogP contribution in [0.25, 0.3) is 0 Å². The number of methoxy groups -OCH3 is 1. The molecule has 0 aliphatic carbocycles. The van der Waals surface area contributed by atoms with Crippen molar-refractivity contribution in [3.05, 3.63) is 65.7 Å². The van der Waals surface area contributed by atoms with Crippen molar-refractivity contribution in [3.8, 4) is 5.75 Å². The lowest BCUT2D eigenvalue weighted by atomic mass is 10.1. The molecule has 2 aromatic rings. The van der Waals surface area contributed by atoms with Crippen molar-refractivity contribution in [1.29, 1.82) is 0 Å². The van der Waals surface area contributed by atoms with Gasteiger partial charge in [-0.15, -0.1) is 0 Å². The van der Waals surface area contributed by atoms with E-state index in [0.717, 1.165) is 0 Å². The second kappa shape index (κ2) is 7.46. The van der Waals surface area contributed by atoms with Crippen LogP contribution in [0.2, 0.25) is 0 Å². The summed E-state index contributed by atoms with van der Waals surface area (Å²) in [4.78, 5) is 37.6. The number of carbonyl (C=O) groups is 3. The fraction of sp³-hybridized carbons (Fsp3) is 0.211. The van der Waals surface area contributed by atoms with E-state index in [0.29, 0.717) is 16.2 Å². The lowest BCUT2D eigenvalue weighted by Gasteiger charge is -2.29. The highest BCUT2D eigenvalue weighted by Crippen LogP contribution is 2.34.